The van der Waals surface area contributed by atoms with E-state index >= 15 is 0 Å². The molecule has 0 fully saturated rings. The van der Waals surface area contributed by atoms with Gasteiger partial charge < -0.3 is 9.84 Å². The predicted molar refractivity (Wildman–Crippen MR) is 68.8 cm³/mol. The molecule has 1 rings (SSSR count). The van der Waals surface area contributed by atoms with Gasteiger partial charge in [-0.25, -0.2) is 13.1 Å². The van der Waals surface area contributed by atoms with Crippen molar-refractivity contribution in [3.63, 3.8) is 0 Å². The molecule has 1 aromatic carbocycles. The van der Waals surface area contributed by atoms with Crippen molar-refractivity contribution in [1.82, 2.24) is 4.72 Å². The van der Waals surface area contributed by atoms with E-state index < -0.39 is 10.0 Å². The van der Waals surface area contributed by atoms with Crippen molar-refractivity contribution >= 4 is 10.0 Å². The first kappa shape index (κ1) is 15.1. The van der Waals surface area contributed by atoms with Crippen molar-refractivity contribution in [2.75, 3.05) is 20.3 Å². The van der Waals surface area contributed by atoms with Crippen LogP contribution in [-0.4, -0.2) is 33.8 Å². The topological polar surface area (TPSA) is 75.6 Å². The number of aliphatic hydroxyl groups excluding tert-OH is 1. The Kier molecular flexibility index (Phi) is 5.74. The molecule has 0 saturated carbocycles. The molecule has 0 radical (unpaired) electrons. The summed E-state index contributed by atoms with van der Waals surface area (Å²) in [5, 5.41) is 9.12. The van der Waals surface area contributed by atoms with Crippen LogP contribution in [0.2, 0.25) is 0 Å². The molecule has 0 aliphatic carbocycles. The zero-order valence-corrected chi connectivity index (χ0v) is 11.5. The molecule has 18 heavy (non-hydrogen) atoms. The maximum atomic E-state index is 12.1. The molecule has 5 nitrogen and oxygen atoms in total. The lowest BCUT2D eigenvalue weighted by atomic mass is 10.1. The minimum absolute atomic E-state index is 0.168. The van der Waals surface area contributed by atoms with Gasteiger partial charge in [0.05, 0.1) is 11.5 Å². The summed E-state index contributed by atoms with van der Waals surface area (Å²) in [4.78, 5) is 0.214. The Hall–Kier alpha value is -0.950. The van der Waals surface area contributed by atoms with Crippen molar-refractivity contribution in [3.8, 4) is 0 Å². The summed E-state index contributed by atoms with van der Waals surface area (Å²) in [5.41, 5.74) is 1.20. The van der Waals surface area contributed by atoms with Crippen LogP contribution in [0, 0.1) is 6.92 Å². The van der Waals surface area contributed by atoms with Crippen LogP contribution < -0.4 is 4.72 Å². The van der Waals surface area contributed by atoms with Gasteiger partial charge in [-0.3, -0.25) is 0 Å². The highest BCUT2D eigenvalue weighted by molar-refractivity contribution is 7.89. The van der Waals surface area contributed by atoms with Crippen molar-refractivity contribution in [3.05, 3.63) is 29.3 Å². The minimum atomic E-state index is -3.52. The zero-order valence-electron chi connectivity index (χ0n) is 10.6. The van der Waals surface area contributed by atoms with Crippen LogP contribution in [0.3, 0.4) is 0 Å². The largest absolute Gasteiger partial charge is 0.392 e. The second kappa shape index (κ2) is 6.84. The van der Waals surface area contributed by atoms with Gasteiger partial charge >= 0.3 is 0 Å². The lowest BCUT2D eigenvalue weighted by Crippen LogP contribution is -2.26. The first-order valence-electron chi connectivity index (χ1n) is 5.71. The van der Waals surface area contributed by atoms with Gasteiger partial charge in [-0.05, 0) is 30.5 Å². The molecule has 1 aromatic rings. The number of nitrogens with one attached hydrogen (secondary N) is 1. The van der Waals surface area contributed by atoms with Crippen LogP contribution in [0.5, 0.6) is 0 Å². The highest BCUT2D eigenvalue weighted by Gasteiger charge is 2.17. The lowest BCUT2D eigenvalue weighted by molar-refractivity contribution is 0.196. The van der Waals surface area contributed by atoms with Crippen LogP contribution in [-0.2, 0) is 21.4 Å². The average molecular weight is 273 g/mol. The first-order valence-corrected chi connectivity index (χ1v) is 7.19. The summed E-state index contributed by atoms with van der Waals surface area (Å²) in [5.74, 6) is 0. The van der Waals surface area contributed by atoms with E-state index in [1.807, 2.05) is 0 Å². The fraction of sp³-hybridized carbons (Fsp3) is 0.500. The van der Waals surface area contributed by atoms with E-state index in [9.17, 15) is 8.42 Å². The molecular weight excluding hydrogens is 254 g/mol. The second-order valence-electron chi connectivity index (χ2n) is 3.94. The summed E-state index contributed by atoms with van der Waals surface area (Å²) >= 11 is 0. The smallest absolute Gasteiger partial charge is 0.240 e. The summed E-state index contributed by atoms with van der Waals surface area (Å²) in [6, 6.07) is 4.87. The highest BCUT2D eigenvalue weighted by Crippen LogP contribution is 2.18. The van der Waals surface area contributed by atoms with Gasteiger partial charge in [-0.2, -0.15) is 0 Å². The molecule has 0 aliphatic rings. The standard InChI is InChI=1S/C12H19NO4S/c1-10-11(9-14)5-3-6-12(10)18(15,16)13-7-4-8-17-2/h3,5-6,13-14H,4,7-9H2,1-2H3. The van der Waals surface area contributed by atoms with Crippen molar-refractivity contribution in [2.45, 2.75) is 24.8 Å². The molecule has 0 atom stereocenters. The SMILES string of the molecule is COCCCNS(=O)(=O)c1cccc(CO)c1C. The Labute approximate surface area is 108 Å². The van der Waals surface area contributed by atoms with Gasteiger partial charge in [-0.1, -0.05) is 12.1 Å². The van der Waals surface area contributed by atoms with Crippen molar-refractivity contribution in [2.24, 2.45) is 0 Å². The number of hydrogen-bond donors (Lipinski definition) is 2. The van der Waals surface area contributed by atoms with Crippen LogP contribution in [0.1, 0.15) is 17.5 Å². The van der Waals surface area contributed by atoms with Crippen LogP contribution >= 0.6 is 0 Å². The van der Waals surface area contributed by atoms with E-state index in [0.29, 0.717) is 30.7 Å². The first-order chi connectivity index (χ1) is 8.53. The molecule has 0 bridgehead atoms. The van der Waals surface area contributed by atoms with Crippen LogP contribution in [0.15, 0.2) is 23.1 Å². The van der Waals surface area contributed by atoms with E-state index in [-0.39, 0.29) is 11.5 Å². The normalized spacial score (nSPS) is 11.7. The van der Waals surface area contributed by atoms with Crippen molar-refractivity contribution in [1.29, 1.82) is 0 Å². The number of hydrogen-bond acceptors (Lipinski definition) is 4. The van der Waals surface area contributed by atoms with E-state index in [0.717, 1.165) is 0 Å². The second-order valence-corrected chi connectivity index (χ2v) is 5.68. The molecule has 6 heteroatoms. The van der Waals surface area contributed by atoms with Crippen molar-refractivity contribution < 1.29 is 18.3 Å². The lowest BCUT2D eigenvalue weighted by Gasteiger charge is -2.11. The summed E-state index contributed by atoms with van der Waals surface area (Å²) in [6.07, 6.45) is 0.620. The molecule has 0 saturated heterocycles. The molecule has 0 aliphatic heterocycles. The Morgan fingerprint density at radius 2 is 2.11 bits per heavy atom. The Morgan fingerprint density at radius 1 is 1.39 bits per heavy atom. The average Bonchev–Trinajstić information content (AvgIpc) is 2.35. The van der Waals surface area contributed by atoms with E-state index in [1.165, 1.54) is 6.07 Å². The van der Waals surface area contributed by atoms with E-state index in [2.05, 4.69) is 4.72 Å². The summed E-state index contributed by atoms with van der Waals surface area (Å²) in [6.45, 7) is 2.37. The van der Waals surface area contributed by atoms with Crippen LogP contribution in [0.25, 0.3) is 0 Å². The van der Waals surface area contributed by atoms with Gasteiger partial charge in [0.25, 0.3) is 0 Å². The van der Waals surface area contributed by atoms with Crippen LogP contribution in [0.4, 0.5) is 0 Å². The molecule has 0 amide bonds. The Morgan fingerprint density at radius 3 is 2.72 bits per heavy atom. The molecule has 102 valence electrons. The third-order valence-electron chi connectivity index (χ3n) is 2.67. The third-order valence-corrected chi connectivity index (χ3v) is 4.28. The number of benzene rings is 1. The van der Waals surface area contributed by atoms with Gasteiger partial charge in [0, 0.05) is 20.3 Å². The number of ether oxygens (including phenoxy) is 1. The molecule has 2 N–H and O–H groups in total. The number of methoxy groups -OCH3 is 1. The maximum absolute atomic E-state index is 12.1. The van der Waals surface area contributed by atoms with E-state index in [4.69, 9.17) is 9.84 Å². The highest BCUT2D eigenvalue weighted by atomic mass is 32.2. The Balaban J connectivity index is 2.85. The third kappa shape index (κ3) is 3.78. The monoisotopic (exact) mass is 273 g/mol. The molecule has 0 aromatic heterocycles. The minimum Gasteiger partial charge on any atom is -0.392 e. The van der Waals surface area contributed by atoms with Gasteiger partial charge in [0.1, 0.15) is 0 Å². The molecule has 0 unspecified atom stereocenters. The quantitative estimate of drug-likeness (QED) is 0.721. The zero-order chi connectivity index (χ0) is 13.6. The summed E-state index contributed by atoms with van der Waals surface area (Å²) < 4.78 is 31.5. The number of aliphatic hydroxyl groups is 1. The fourth-order valence-corrected chi connectivity index (χ4v) is 2.98. The van der Waals surface area contributed by atoms with Gasteiger partial charge in [0.15, 0.2) is 0 Å². The fourth-order valence-electron chi connectivity index (χ4n) is 1.62. The number of rotatable bonds is 7. The molecule has 0 spiro atoms. The van der Waals surface area contributed by atoms with Gasteiger partial charge in [0.2, 0.25) is 10.0 Å². The Bertz CT molecular complexity index is 485. The van der Waals surface area contributed by atoms with E-state index in [1.54, 1.807) is 26.2 Å². The molecular formula is C12H19NO4S. The summed E-state index contributed by atoms with van der Waals surface area (Å²) in [7, 11) is -1.95. The molecule has 0 heterocycles. The van der Waals surface area contributed by atoms with Gasteiger partial charge in [-0.15, -0.1) is 0 Å². The number of sulfonamides is 1. The predicted octanol–water partition coefficient (Wildman–Crippen LogP) is 0.802. The maximum Gasteiger partial charge on any atom is 0.240 e.